The van der Waals surface area contributed by atoms with Crippen molar-refractivity contribution in [2.45, 2.75) is 40.2 Å². The molecule has 1 atom stereocenters. The number of ether oxygens (including phenoxy) is 1. The van der Waals surface area contributed by atoms with E-state index in [9.17, 15) is 4.79 Å². The first kappa shape index (κ1) is 17.5. The van der Waals surface area contributed by atoms with Crippen LogP contribution in [0.2, 0.25) is 0 Å². The van der Waals surface area contributed by atoms with Gasteiger partial charge in [-0.15, -0.1) is 0 Å². The first-order chi connectivity index (χ1) is 9.70. The van der Waals surface area contributed by atoms with E-state index < -0.39 is 5.97 Å². The smallest absolute Gasteiger partial charge is 0.307 e. The van der Waals surface area contributed by atoms with Gasteiger partial charge in [0.05, 0.1) is 5.92 Å². The van der Waals surface area contributed by atoms with Crippen molar-refractivity contribution in [1.29, 1.82) is 0 Å². The minimum atomic E-state index is -0.760. The third-order valence-corrected chi connectivity index (χ3v) is 3.48. The third kappa shape index (κ3) is 6.17. The largest absolute Gasteiger partial charge is 0.492 e. The molecule has 0 saturated heterocycles. The van der Waals surface area contributed by atoms with Gasteiger partial charge >= 0.3 is 5.97 Å². The van der Waals surface area contributed by atoms with Crippen molar-refractivity contribution in [2.24, 2.45) is 5.92 Å². The van der Waals surface area contributed by atoms with Gasteiger partial charge < -0.3 is 9.84 Å². The Balaban J connectivity index is 2.56. The Morgan fingerprint density at radius 1 is 1.38 bits per heavy atom. The lowest BCUT2D eigenvalue weighted by atomic mass is 10.0. The highest BCUT2D eigenvalue weighted by atomic mass is 16.5. The van der Waals surface area contributed by atoms with Crippen molar-refractivity contribution >= 4 is 5.97 Å². The van der Waals surface area contributed by atoms with Crippen molar-refractivity contribution in [1.82, 2.24) is 4.90 Å². The van der Waals surface area contributed by atoms with Crippen LogP contribution in [0.1, 0.15) is 33.3 Å². The number of aliphatic carboxylic acids is 1. The topological polar surface area (TPSA) is 49.8 Å². The fourth-order valence-electron chi connectivity index (χ4n) is 2.09. The predicted molar refractivity (Wildman–Crippen MR) is 84.8 cm³/mol. The fraction of sp³-hybridized carbons (Fsp3) is 0.588. The number of carboxylic acids is 1. The van der Waals surface area contributed by atoms with Gasteiger partial charge in [0.2, 0.25) is 0 Å². The van der Waals surface area contributed by atoms with Crippen molar-refractivity contribution in [2.75, 3.05) is 19.7 Å². The molecule has 1 aromatic rings. The average Bonchev–Trinajstić information content (AvgIpc) is 2.36. The summed E-state index contributed by atoms with van der Waals surface area (Å²) >= 11 is 0. The predicted octanol–water partition coefficient (Wildman–Crippen LogP) is 3.20. The Morgan fingerprint density at radius 2 is 2.05 bits per heavy atom. The molecule has 0 aromatic heterocycles. The van der Waals surface area contributed by atoms with Crippen LogP contribution >= 0.6 is 0 Å². The third-order valence-electron chi connectivity index (χ3n) is 3.48. The molecule has 0 aliphatic rings. The quantitative estimate of drug-likeness (QED) is 0.839. The van der Waals surface area contributed by atoms with Crippen LogP contribution < -0.4 is 4.74 Å². The van der Waals surface area contributed by atoms with Crippen LogP contribution in [0.3, 0.4) is 0 Å². The monoisotopic (exact) mass is 293 g/mol. The molecule has 0 bridgehead atoms. The molecule has 0 aliphatic carbocycles. The van der Waals surface area contributed by atoms with E-state index in [4.69, 9.17) is 9.84 Å². The maximum atomic E-state index is 11.0. The SMILES string of the molecule is Cc1cccc(OCCN(CC(C)C(=O)O)C(C)(C)C)c1. The lowest BCUT2D eigenvalue weighted by Crippen LogP contribution is -2.46. The van der Waals surface area contributed by atoms with E-state index in [0.29, 0.717) is 19.7 Å². The Labute approximate surface area is 127 Å². The van der Waals surface area contributed by atoms with Gasteiger partial charge in [0, 0.05) is 18.6 Å². The minimum absolute atomic E-state index is 0.0837. The lowest BCUT2D eigenvalue weighted by Gasteiger charge is -2.36. The summed E-state index contributed by atoms with van der Waals surface area (Å²) in [4.78, 5) is 13.2. The van der Waals surface area contributed by atoms with Crippen LogP contribution in [-0.4, -0.2) is 41.2 Å². The number of hydrogen-bond acceptors (Lipinski definition) is 3. The molecular formula is C17H27NO3. The number of aryl methyl sites for hydroxylation is 1. The second-order valence-corrected chi connectivity index (χ2v) is 6.52. The first-order valence-electron chi connectivity index (χ1n) is 7.37. The summed E-state index contributed by atoms with van der Waals surface area (Å²) in [6, 6.07) is 7.94. The molecule has 0 spiro atoms. The molecule has 1 aromatic carbocycles. The minimum Gasteiger partial charge on any atom is -0.492 e. The summed E-state index contributed by atoms with van der Waals surface area (Å²) in [6.45, 7) is 11.8. The van der Waals surface area contributed by atoms with Crippen molar-refractivity contribution < 1.29 is 14.6 Å². The summed E-state index contributed by atoms with van der Waals surface area (Å²) in [6.07, 6.45) is 0. The van der Waals surface area contributed by atoms with E-state index >= 15 is 0 Å². The molecule has 0 saturated carbocycles. The fourth-order valence-corrected chi connectivity index (χ4v) is 2.09. The van der Waals surface area contributed by atoms with E-state index in [1.165, 1.54) is 5.56 Å². The summed E-state index contributed by atoms with van der Waals surface area (Å²) in [7, 11) is 0. The Kier molecular flexibility index (Phi) is 6.21. The standard InChI is InChI=1S/C17H27NO3/c1-13-7-6-8-15(11-13)21-10-9-18(17(3,4)5)12-14(2)16(19)20/h6-8,11,14H,9-10,12H2,1-5H3,(H,19,20). The van der Waals surface area contributed by atoms with Crippen LogP contribution in [0.15, 0.2) is 24.3 Å². The lowest BCUT2D eigenvalue weighted by molar-refractivity contribution is -0.142. The Morgan fingerprint density at radius 3 is 2.57 bits per heavy atom. The van der Waals surface area contributed by atoms with Gasteiger partial charge in [-0.25, -0.2) is 0 Å². The molecule has 4 heteroatoms. The Bertz CT molecular complexity index is 465. The second-order valence-electron chi connectivity index (χ2n) is 6.52. The van der Waals surface area contributed by atoms with E-state index in [0.717, 1.165) is 5.75 Å². The van der Waals surface area contributed by atoms with Crippen LogP contribution in [0.5, 0.6) is 5.75 Å². The number of carboxylic acid groups (broad SMARTS) is 1. The van der Waals surface area contributed by atoms with E-state index in [-0.39, 0.29) is 11.5 Å². The van der Waals surface area contributed by atoms with Gasteiger partial charge in [-0.2, -0.15) is 0 Å². The molecule has 1 rings (SSSR count). The molecule has 1 unspecified atom stereocenters. The maximum absolute atomic E-state index is 11.0. The molecule has 118 valence electrons. The van der Waals surface area contributed by atoms with E-state index in [1.54, 1.807) is 6.92 Å². The summed E-state index contributed by atoms with van der Waals surface area (Å²) < 4.78 is 5.77. The maximum Gasteiger partial charge on any atom is 0.307 e. The Hall–Kier alpha value is -1.55. The molecular weight excluding hydrogens is 266 g/mol. The number of hydrogen-bond donors (Lipinski definition) is 1. The second kappa shape index (κ2) is 7.46. The van der Waals surface area contributed by atoms with Gasteiger partial charge in [-0.05, 0) is 45.4 Å². The van der Waals surface area contributed by atoms with Crippen LogP contribution in [-0.2, 0) is 4.79 Å². The molecule has 0 heterocycles. The van der Waals surface area contributed by atoms with E-state index in [1.807, 2.05) is 31.2 Å². The van der Waals surface area contributed by atoms with Crippen molar-refractivity contribution in [3.05, 3.63) is 29.8 Å². The van der Waals surface area contributed by atoms with Crippen LogP contribution in [0, 0.1) is 12.8 Å². The normalized spacial score (nSPS) is 13.2. The van der Waals surface area contributed by atoms with Crippen LogP contribution in [0.4, 0.5) is 0 Å². The molecule has 0 fully saturated rings. The zero-order valence-electron chi connectivity index (χ0n) is 13.7. The van der Waals surface area contributed by atoms with Gasteiger partial charge in [0.1, 0.15) is 12.4 Å². The molecule has 21 heavy (non-hydrogen) atoms. The zero-order valence-corrected chi connectivity index (χ0v) is 13.7. The highest BCUT2D eigenvalue weighted by molar-refractivity contribution is 5.69. The number of rotatable bonds is 7. The van der Waals surface area contributed by atoms with Crippen molar-refractivity contribution in [3.63, 3.8) is 0 Å². The zero-order chi connectivity index (χ0) is 16.0. The number of carbonyl (C=O) groups is 1. The molecule has 4 nitrogen and oxygen atoms in total. The van der Waals surface area contributed by atoms with Gasteiger partial charge in [0.15, 0.2) is 0 Å². The van der Waals surface area contributed by atoms with Gasteiger partial charge in [0.25, 0.3) is 0 Å². The molecule has 0 amide bonds. The van der Waals surface area contributed by atoms with Gasteiger partial charge in [-0.3, -0.25) is 9.69 Å². The molecule has 0 aliphatic heterocycles. The summed E-state index contributed by atoms with van der Waals surface area (Å²) in [5.41, 5.74) is 1.08. The first-order valence-corrected chi connectivity index (χ1v) is 7.37. The molecule has 0 radical (unpaired) electrons. The van der Waals surface area contributed by atoms with Crippen LogP contribution in [0.25, 0.3) is 0 Å². The highest BCUT2D eigenvalue weighted by Crippen LogP contribution is 2.17. The number of nitrogens with zero attached hydrogens (tertiary/aromatic N) is 1. The highest BCUT2D eigenvalue weighted by Gasteiger charge is 2.25. The average molecular weight is 293 g/mol. The van der Waals surface area contributed by atoms with Crippen molar-refractivity contribution in [3.8, 4) is 5.75 Å². The van der Waals surface area contributed by atoms with Gasteiger partial charge in [-0.1, -0.05) is 19.1 Å². The van der Waals surface area contributed by atoms with E-state index in [2.05, 4.69) is 25.7 Å². The summed E-state index contributed by atoms with van der Waals surface area (Å²) in [5, 5.41) is 9.07. The summed E-state index contributed by atoms with van der Waals surface area (Å²) in [5.74, 6) is -0.290. The molecule has 1 N–H and O–H groups in total. The number of benzene rings is 1.